The van der Waals surface area contributed by atoms with E-state index in [1.807, 2.05) is 0 Å². The number of carbonyl (C=O) groups is 1. The van der Waals surface area contributed by atoms with Gasteiger partial charge in [0.25, 0.3) is 5.69 Å². The summed E-state index contributed by atoms with van der Waals surface area (Å²) in [6.45, 7) is 1.31. The van der Waals surface area contributed by atoms with Crippen LogP contribution in [0.2, 0.25) is 0 Å². The highest BCUT2D eigenvalue weighted by atomic mass is 127. The van der Waals surface area contributed by atoms with Gasteiger partial charge in [-0.1, -0.05) is 0 Å². The maximum atomic E-state index is 13.6. The molecule has 0 saturated heterocycles. The highest BCUT2D eigenvalue weighted by molar-refractivity contribution is 14.1. The number of benzene rings is 1. The first-order chi connectivity index (χ1) is 7.40. The molecule has 0 fully saturated rings. The summed E-state index contributed by atoms with van der Waals surface area (Å²) in [7, 11) is 1.09. The van der Waals surface area contributed by atoms with Crippen molar-refractivity contribution in [1.82, 2.24) is 0 Å². The second kappa shape index (κ2) is 4.73. The molecule has 0 heterocycles. The van der Waals surface area contributed by atoms with Crippen LogP contribution in [0.4, 0.5) is 10.1 Å². The molecule has 0 aliphatic carbocycles. The number of nitro groups is 1. The lowest BCUT2D eigenvalue weighted by Gasteiger charge is -2.07. The molecule has 0 radical (unpaired) electrons. The molecule has 0 aromatic heterocycles. The summed E-state index contributed by atoms with van der Waals surface area (Å²) in [5, 5.41) is 10.7. The van der Waals surface area contributed by atoms with E-state index in [1.54, 1.807) is 22.6 Å². The van der Waals surface area contributed by atoms with Crippen molar-refractivity contribution < 1.29 is 18.8 Å². The molecule has 0 bridgehead atoms. The zero-order chi connectivity index (χ0) is 12.5. The quantitative estimate of drug-likeness (QED) is 0.359. The Kier molecular flexibility index (Phi) is 3.79. The normalized spacial score (nSPS) is 10.0. The standard InChI is InChI=1S/C9H7FINO4/c1-4-6(12(14)15)3-5(11)8(10)7(4)9(13)16-2/h3H,1-2H3. The van der Waals surface area contributed by atoms with E-state index in [9.17, 15) is 19.3 Å². The molecule has 16 heavy (non-hydrogen) atoms. The first-order valence-corrected chi connectivity index (χ1v) is 5.19. The van der Waals surface area contributed by atoms with Gasteiger partial charge in [-0.2, -0.15) is 0 Å². The summed E-state index contributed by atoms with van der Waals surface area (Å²) in [4.78, 5) is 21.3. The van der Waals surface area contributed by atoms with E-state index in [2.05, 4.69) is 4.74 Å². The summed E-state index contributed by atoms with van der Waals surface area (Å²) in [5.74, 6) is -1.72. The topological polar surface area (TPSA) is 69.4 Å². The van der Waals surface area contributed by atoms with Gasteiger partial charge in [-0.05, 0) is 29.5 Å². The van der Waals surface area contributed by atoms with Crippen molar-refractivity contribution in [1.29, 1.82) is 0 Å². The van der Waals surface area contributed by atoms with Gasteiger partial charge >= 0.3 is 5.97 Å². The Morgan fingerprint density at radius 2 is 2.19 bits per heavy atom. The second-order valence-electron chi connectivity index (χ2n) is 2.94. The molecule has 1 aromatic carbocycles. The number of rotatable bonds is 2. The predicted molar refractivity (Wildman–Crippen MR) is 61.8 cm³/mol. The first kappa shape index (κ1) is 12.8. The minimum Gasteiger partial charge on any atom is -0.465 e. The Hall–Kier alpha value is -1.25. The molecule has 0 atom stereocenters. The molecule has 0 amide bonds. The van der Waals surface area contributed by atoms with Crippen molar-refractivity contribution in [3.05, 3.63) is 36.7 Å². The van der Waals surface area contributed by atoms with Gasteiger partial charge in [-0.25, -0.2) is 9.18 Å². The summed E-state index contributed by atoms with van der Waals surface area (Å²) in [5.41, 5.74) is -0.720. The van der Waals surface area contributed by atoms with E-state index >= 15 is 0 Å². The van der Waals surface area contributed by atoms with Crippen LogP contribution in [-0.2, 0) is 4.74 Å². The number of esters is 1. The number of hydrogen-bond acceptors (Lipinski definition) is 4. The molecule has 86 valence electrons. The van der Waals surface area contributed by atoms with E-state index in [-0.39, 0.29) is 20.4 Å². The summed E-state index contributed by atoms with van der Waals surface area (Å²) in [6.07, 6.45) is 0. The van der Waals surface area contributed by atoms with Crippen LogP contribution >= 0.6 is 22.6 Å². The zero-order valence-electron chi connectivity index (χ0n) is 8.41. The van der Waals surface area contributed by atoms with E-state index in [0.29, 0.717) is 0 Å². The number of nitro benzene ring substituents is 1. The Labute approximate surface area is 104 Å². The molecule has 1 rings (SSSR count). The van der Waals surface area contributed by atoms with Crippen LogP contribution in [-0.4, -0.2) is 18.0 Å². The lowest BCUT2D eigenvalue weighted by atomic mass is 10.1. The molecule has 0 aliphatic heterocycles. The van der Waals surface area contributed by atoms with Gasteiger partial charge in [-0.3, -0.25) is 10.1 Å². The van der Waals surface area contributed by atoms with E-state index in [0.717, 1.165) is 13.2 Å². The maximum Gasteiger partial charge on any atom is 0.341 e. The van der Waals surface area contributed by atoms with Crippen LogP contribution < -0.4 is 0 Å². The molecule has 0 saturated carbocycles. The van der Waals surface area contributed by atoms with Gasteiger partial charge in [-0.15, -0.1) is 0 Å². The number of hydrogen-bond donors (Lipinski definition) is 0. The minimum atomic E-state index is -0.920. The van der Waals surface area contributed by atoms with Crippen LogP contribution in [0.25, 0.3) is 0 Å². The summed E-state index contributed by atoms with van der Waals surface area (Å²) < 4.78 is 18.0. The van der Waals surface area contributed by atoms with Crippen molar-refractivity contribution in [3.63, 3.8) is 0 Å². The Bertz CT molecular complexity index is 475. The fraction of sp³-hybridized carbons (Fsp3) is 0.222. The van der Waals surface area contributed by atoms with E-state index < -0.39 is 16.7 Å². The van der Waals surface area contributed by atoms with Crippen LogP contribution in [0.5, 0.6) is 0 Å². The van der Waals surface area contributed by atoms with Gasteiger partial charge in [0.1, 0.15) is 5.56 Å². The maximum absolute atomic E-state index is 13.6. The second-order valence-corrected chi connectivity index (χ2v) is 4.10. The number of methoxy groups -OCH3 is 1. The van der Waals surface area contributed by atoms with Crippen molar-refractivity contribution in [2.24, 2.45) is 0 Å². The third-order valence-corrected chi connectivity index (χ3v) is 2.82. The third-order valence-electron chi connectivity index (χ3n) is 2.04. The lowest BCUT2D eigenvalue weighted by molar-refractivity contribution is -0.385. The van der Waals surface area contributed by atoms with E-state index in [4.69, 9.17) is 0 Å². The van der Waals surface area contributed by atoms with Crippen LogP contribution in [0.1, 0.15) is 15.9 Å². The van der Waals surface area contributed by atoms with Gasteiger partial charge in [0, 0.05) is 11.6 Å². The fourth-order valence-corrected chi connectivity index (χ4v) is 1.80. The van der Waals surface area contributed by atoms with Crippen LogP contribution in [0.3, 0.4) is 0 Å². The average Bonchev–Trinajstić information content (AvgIpc) is 2.22. The van der Waals surface area contributed by atoms with Crippen LogP contribution in [0, 0.1) is 26.4 Å². The fourth-order valence-electron chi connectivity index (χ4n) is 1.24. The number of carbonyl (C=O) groups excluding carboxylic acids is 1. The van der Waals surface area contributed by atoms with Crippen molar-refractivity contribution >= 4 is 34.2 Å². The zero-order valence-corrected chi connectivity index (χ0v) is 10.6. The molecule has 1 aromatic rings. The first-order valence-electron chi connectivity index (χ1n) is 4.11. The van der Waals surface area contributed by atoms with Gasteiger partial charge in [0.2, 0.25) is 0 Å². The molecular weight excluding hydrogens is 332 g/mol. The monoisotopic (exact) mass is 339 g/mol. The summed E-state index contributed by atoms with van der Waals surface area (Å²) >= 11 is 1.59. The number of halogens is 2. The number of nitrogens with zero attached hydrogens (tertiary/aromatic N) is 1. The van der Waals surface area contributed by atoms with Gasteiger partial charge in [0.15, 0.2) is 5.82 Å². The number of ether oxygens (including phenoxy) is 1. The molecule has 0 aliphatic rings. The smallest absolute Gasteiger partial charge is 0.341 e. The Morgan fingerprint density at radius 3 is 2.62 bits per heavy atom. The summed E-state index contributed by atoms with van der Waals surface area (Å²) in [6, 6.07) is 1.08. The minimum absolute atomic E-state index is 0.00954. The van der Waals surface area contributed by atoms with Crippen LogP contribution in [0.15, 0.2) is 6.07 Å². The Morgan fingerprint density at radius 1 is 1.62 bits per heavy atom. The van der Waals surface area contributed by atoms with Crippen molar-refractivity contribution in [3.8, 4) is 0 Å². The molecular formula is C9H7FINO4. The Balaban J connectivity index is 3.58. The third kappa shape index (κ3) is 2.13. The highest BCUT2D eigenvalue weighted by Gasteiger charge is 2.25. The van der Waals surface area contributed by atoms with Crippen molar-refractivity contribution in [2.45, 2.75) is 6.92 Å². The average molecular weight is 339 g/mol. The van der Waals surface area contributed by atoms with Gasteiger partial charge in [0.05, 0.1) is 15.6 Å². The lowest BCUT2D eigenvalue weighted by Crippen LogP contribution is -2.10. The molecule has 5 nitrogen and oxygen atoms in total. The SMILES string of the molecule is COC(=O)c1c(C)c([N+](=O)[O-])cc(I)c1F. The van der Waals surface area contributed by atoms with E-state index in [1.165, 1.54) is 6.92 Å². The molecule has 7 heteroatoms. The predicted octanol–water partition coefficient (Wildman–Crippen LogP) is 2.43. The van der Waals surface area contributed by atoms with Crippen molar-refractivity contribution in [2.75, 3.05) is 7.11 Å². The largest absolute Gasteiger partial charge is 0.465 e. The molecule has 0 spiro atoms. The molecule has 0 N–H and O–H groups in total. The van der Waals surface area contributed by atoms with Gasteiger partial charge < -0.3 is 4.74 Å². The molecule has 0 unspecified atom stereocenters. The highest BCUT2D eigenvalue weighted by Crippen LogP contribution is 2.28.